The molecule has 2 heterocycles. The molecule has 3 aromatic rings. The summed E-state index contributed by atoms with van der Waals surface area (Å²) >= 11 is 1.49. The van der Waals surface area contributed by atoms with Crippen LogP contribution >= 0.6 is 11.3 Å². The zero-order valence-electron chi connectivity index (χ0n) is 16.1. The van der Waals surface area contributed by atoms with Crippen molar-refractivity contribution in [3.05, 3.63) is 53.5 Å². The number of aromatic nitrogens is 1. The molecule has 30 heavy (non-hydrogen) atoms. The van der Waals surface area contributed by atoms with Crippen LogP contribution < -0.4 is 10.0 Å². The summed E-state index contributed by atoms with van der Waals surface area (Å²) in [6, 6.07) is 9.85. The van der Waals surface area contributed by atoms with Gasteiger partial charge in [0.05, 0.1) is 9.77 Å². The lowest BCUT2D eigenvalue weighted by Gasteiger charge is -2.13. The molecule has 0 spiro atoms. The number of benzene rings is 1. The Balaban J connectivity index is 1.56. The summed E-state index contributed by atoms with van der Waals surface area (Å²) in [6.45, 7) is 2.58. The van der Waals surface area contributed by atoms with Gasteiger partial charge in [0.25, 0.3) is 0 Å². The second-order valence-corrected chi connectivity index (χ2v) is 8.98. The van der Waals surface area contributed by atoms with Gasteiger partial charge in [-0.05, 0) is 42.6 Å². The molecule has 0 fully saturated rings. The monoisotopic (exact) mass is 449 g/mol. The number of sulfonamides is 1. The predicted molar refractivity (Wildman–Crippen MR) is 110 cm³/mol. The van der Waals surface area contributed by atoms with E-state index in [4.69, 9.17) is 9.26 Å². The Kier molecular flexibility index (Phi) is 6.65. The molecule has 0 radical (unpaired) electrons. The Hall–Kier alpha value is -3.02. The smallest absolute Gasteiger partial charge is 0.324 e. The lowest BCUT2D eigenvalue weighted by molar-refractivity contribution is -0.146. The lowest BCUT2D eigenvalue weighted by atomic mass is 10.3. The molecule has 0 saturated heterocycles. The Labute approximate surface area is 177 Å². The van der Waals surface area contributed by atoms with Crippen LogP contribution in [-0.2, 0) is 31.0 Å². The molecular formula is C19H19N3O6S2. The highest BCUT2D eigenvalue weighted by Crippen LogP contribution is 2.25. The minimum absolute atomic E-state index is 0.0478. The highest BCUT2D eigenvalue weighted by Gasteiger charge is 2.23. The normalized spacial score (nSPS) is 12.3. The molecule has 2 aromatic heterocycles. The average molecular weight is 450 g/mol. The fourth-order valence-corrected chi connectivity index (χ4v) is 4.32. The number of carbonyl (C=O) groups is 2. The predicted octanol–water partition coefficient (Wildman–Crippen LogP) is 2.77. The molecule has 11 heteroatoms. The van der Waals surface area contributed by atoms with E-state index in [1.807, 2.05) is 17.5 Å². The average Bonchev–Trinajstić information content (AvgIpc) is 3.37. The molecule has 0 aliphatic rings. The molecular weight excluding hydrogens is 430 g/mol. The number of anilines is 1. The first kappa shape index (κ1) is 21.7. The number of hydrogen-bond donors (Lipinski definition) is 2. The third-order valence-electron chi connectivity index (χ3n) is 3.86. The quantitative estimate of drug-likeness (QED) is 0.506. The summed E-state index contributed by atoms with van der Waals surface area (Å²) < 4.78 is 37.5. The van der Waals surface area contributed by atoms with Crippen molar-refractivity contribution in [2.75, 3.05) is 5.32 Å². The number of nitrogens with one attached hydrogen (secondary N) is 2. The molecule has 0 aliphatic carbocycles. The van der Waals surface area contributed by atoms with Gasteiger partial charge >= 0.3 is 5.97 Å². The molecule has 1 atom stereocenters. The van der Waals surface area contributed by atoms with Crippen molar-refractivity contribution in [3.8, 4) is 10.6 Å². The maximum absolute atomic E-state index is 12.5. The first-order valence-corrected chi connectivity index (χ1v) is 11.2. The number of rotatable bonds is 8. The van der Waals surface area contributed by atoms with Crippen molar-refractivity contribution in [1.29, 1.82) is 0 Å². The zero-order chi connectivity index (χ0) is 21.7. The minimum atomic E-state index is -3.95. The number of nitrogens with zero attached hydrogens (tertiary/aromatic N) is 1. The SMILES string of the molecule is CC(=O)Nc1ccc(S(=O)(=O)NC(C)C(=O)OCc2cc(-c3cccs3)on2)cc1. The van der Waals surface area contributed by atoms with Crippen LogP contribution in [0.1, 0.15) is 19.5 Å². The molecule has 0 aliphatic heterocycles. The van der Waals surface area contributed by atoms with Gasteiger partial charge in [-0.2, -0.15) is 4.72 Å². The molecule has 2 N–H and O–H groups in total. The van der Waals surface area contributed by atoms with Gasteiger partial charge in [0, 0.05) is 18.7 Å². The molecule has 9 nitrogen and oxygen atoms in total. The number of ether oxygens (including phenoxy) is 1. The molecule has 3 rings (SSSR count). The van der Waals surface area contributed by atoms with E-state index >= 15 is 0 Å². The maximum Gasteiger partial charge on any atom is 0.324 e. The van der Waals surface area contributed by atoms with Gasteiger partial charge in [0.15, 0.2) is 5.76 Å². The Morgan fingerprint density at radius 2 is 1.97 bits per heavy atom. The number of amides is 1. The van der Waals surface area contributed by atoms with Gasteiger partial charge in [-0.1, -0.05) is 11.2 Å². The number of esters is 1. The summed E-state index contributed by atoms with van der Waals surface area (Å²) in [5.74, 6) is -0.462. The fourth-order valence-electron chi connectivity index (χ4n) is 2.45. The van der Waals surface area contributed by atoms with Crippen molar-refractivity contribution < 1.29 is 27.3 Å². The number of carbonyl (C=O) groups excluding carboxylic acids is 2. The molecule has 158 valence electrons. The van der Waals surface area contributed by atoms with Crippen molar-refractivity contribution in [2.24, 2.45) is 0 Å². The van der Waals surface area contributed by atoms with Gasteiger partial charge in [0.1, 0.15) is 18.3 Å². The highest BCUT2D eigenvalue weighted by molar-refractivity contribution is 7.89. The van der Waals surface area contributed by atoms with Crippen molar-refractivity contribution in [3.63, 3.8) is 0 Å². The van der Waals surface area contributed by atoms with E-state index in [0.29, 0.717) is 17.1 Å². The van der Waals surface area contributed by atoms with Gasteiger partial charge in [-0.3, -0.25) is 9.59 Å². The fraction of sp³-hybridized carbons (Fsp3) is 0.211. The second kappa shape index (κ2) is 9.20. The van der Waals surface area contributed by atoms with E-state index in [1.165, 1.54) is 49.4 Å². The largest absolute Gasteiger partial charge is 0.458 e. The molecule has 0 saturated carbocycles. The van der Waals surface area contributed by atoms with Crippen LogP contribution in [0.4, 0.5) is 5.69 Å². The van der Waals surface area contributed by atoms with Crippen LogP contribution in [0.15, 0.2) is 57.3 Å². The van der Waals surface area contributed by atoms with E-state index in [9.17, 15) is 18.0 Å². The van der Waals surface area contributed by atoms with Crippen LogP contribution in [0.2, 0.25) is 0 Å². The van der Waals surface area contributed by atoms with E-state index in [-0.39, 0.29) is 17.4 Å². The molecule has 1 aromatic carbocycles. The zero-order valence-corrected chi connectivity index (χ0v) is 17.7. The summed E-state index contributed by atoms with van der Waals surface area (Å²) in [5.41, 5.74) is 0.874. The molecule has 1 amide bonds. The summed E-state index contributed by atoms with van der Waals surface area (Å²) in [7, 11) is -3.95. The number of thiophene rings is 1. The second-order valence-electron chi connectivity index (χ2n) is 6.32. The summed E-state index contributed by atoms with van der Waals surface area (Å²) in [4.78, 5) is 24.1. The highest BCUT2D eigenvalue weighted by atomic mass is 32.2. The van der Waals surface area contributed by atoms with Crippen molar-refractivity contribution in [1.82, 2.24) is 9.88 Å². The van der Waals surface area contributed by atoms with Gasteiger partial charge in [0.2, 0.25) is 15.9 Å². The summed E-state index contributed by atoms with van der Waals surface area (Å²) in [6.07, 6.45) is 0. The third kappa shape index (κ3) is 5.53. The van der Waals surface area contributed by atoms with Gasteiger partial charge in [-0.25, -0.2) is 8.42 Å². The Morgan fingerprint density at radius 3 is 2.60 bits per heavy atom. The Bertz CT molecular complexity index is 1120. The van der Waals surface area contributed by atoms with Crippen molar-refractivity contribution in [2.45, 2.75) is 31.4 Å². The summed E-state index contributed by atoms with van der Waals surface area (Å²) in [5, 5.41) is 8.29. The van der Waals surface area contributed by atoms with Crippen LogP contribution in [-0.4, -0.2) is 31.5 Å². The van der Waals surface area contributed by atoms with Crippen molar-refractivity contribution >= 4 is 38.9 Å². The standard InChI is InChI=1S/C19H19N3O6S2/c1-12(22-30(25,26)16-7-5-14(6-8-16)20-13(2)23)19(24)27-11-15-10-17(28-21-15)18-4-3-9-29-18/h3-10,12,22H,11H2,1-2H3,(H,20,23). The Morgan fingerprint density at radius 1 is 1.23 bits per heavy atom. The van der Waals surface area contributed by atoms with Crippen LogP contribution in [0.25, 0.3) is 10.6 Å². The minimum Gasteiger partial charge on any atom is -0.458 e. The number of hydrogen-bond acceptors (Lipinski definition) is 8. The maximum atomic E-state index is 12.5. The van der Waals surface area contributed by atoms with E-state index in [0.717, 1.165) is 4.88 Å². The molecule has 0 bridgehead atoms. The van der Waals surface area contributed by atoms with Gasteiger partial charge in [-0.15, -0.1) is 11.3 Å². The third-order valence-corrected chi connectivity index (χ3v) is 6.30. The van der Waals surface area contributed by atoms with E-state index in [1.54, 1.807) is 6.07 Å². The van der Waals surface area contributed by atoms with Crippen LogP contribution in [0.5, 0.6) is 0 Å². The lowest BCUT2D eigenvalue weighted by Crippen LogP contribution is -2.39. The molecule has 1 unspecified atom stereocenters. The van der Waals surface area contributed by atoms with E-state index in [2.05, 4.69) is 15.2 Å². The first-order chi connectivity index (χ1) is 14.2. The van der Waals surface area contributed by atoms with Gasteiger partial charge < -0.3 is 14.6 Å². The topological polar surface area (TPSA) is 128 Å². The van der Waals surface area contributed by atoms with E-state index < -0.39 is 22.0 Å². The first-order valence-electron chi connectivity index (χ1n) is 8.81. The van der Waals surface area contributed by atoms with Crippen LogP contribution in [0.3, 0.4) is 0 Å². The van der Waals surface area contributed by atoms with Crippen LogP contribution in [0, 0.1) is 0 Å².